The molecule has 0 aromatic carbocycles. The van der Waals surface area contributed by atoms with E-state index >= 15 is 0 Å². The first kappa shape index (κ1) is 11.4. The summed E-state index contributed by atoms with van der Waals surface area (Å²) in [5.74, 6) is 0.903. The van der Waals surface area contributed by atoms with E-state index in [-0.39, 0.29) is 12.0 Å². The summed E-state index contributed by atoms with van der Waals surface area (Å²) in [6, 6.07) is 4.09. The Labute approximate surface area is 99.1 Å². The van der Waals surface area contributed by atoms with Crippen LogP contribution >= 0.6 is 11.3 Å². The molecule has 0 spiro atoms. The van der Waals surface area contributed by atoms with Gasteiger partial charge in [0.15, 0.2) is 0 Å². The van der Waals surface area contributed by atoms with Crippen molar-refractivity contribution in [1.29, 1.82) is 0 Å². The lowest BCUT2D eigenvalue weighted by Gasteiger charge is -2.22. The Morgan fingerprint density at radius 2 is 2.25 bits per heavy atom. The number of aromatic nitrogens is 1. The molecule has 0 aliphatic heterocycles. The van der Waals surface area contributed by atoms with Crippen LogP contribution in [-0.4, -0.2) is 23.2 Å². The molecule has 2 N–H and O–H groups in total. The summed E-state index contributed by atoms with van der Waals surface area (Å²) in [6.07, 6.45) is 1.81. The highest BCUT2D eigenvalue weighted by Gasteiger charge is 2.16. The molecule has 2 aromatic rings. The van der Waals surface area contributed by atoms with Crippen LogP contribution < -0.4 is 5.32 Å². The van der Waals surface area contributed by atoms with Gasteiger partial charge in [0.25, 0.3) is 0 Å². The van der Waals surface area contributed by atoms with Gasteiger partial charge in [-0.2, -0.15) is 0 Å². The maximum absolute atomic E-state index is 9.19. The number of aliphatic hydroxyl groups excluding tert-OH is 1. The van der Waals surface area contributed by atoms with E-state index in [9.17, 15) is 5.11 Å². The predicted molar refractivity (Wildman–Crippen MR) is 69.0 cm³/mol. The number of anilines is 1. The van der Waals surface area contributed by atoms with Crippen LogP contribution in [-0.2, 0) is 0 Å². The molecule has 4 heteroatoms. The largest absolute Gasteiger partial charge is 0.396 e. The van der Waals surface area contributed by atoms with E-state index in [0.717, 1.165) is 11.2 Å². The van der Waals surface area contributed by atoms with Crippen LogP contribution in [0.2, 0.25) is 0 Å². The molecule has 2 aromatic heterocycles. The molecule has 0 saturated heterocycles. The fourth-order valence-electron chi connectivity index (χ4n) is 1.41. The first-order valence-electron chi connectivity index (χ1n) is 5.29. The third-order valence-electron chi connectivity index (χ3n) is 2.54. The molecular weight excluding hydrogens is 220 g/mol. The van der Waals surface area contributed by atoms with Gasteiger partial charge < -0.3 is 10.4 Å². The van der Waals surface area contributed by atoms with Crippen LogP contribution in [0.1, 0.15) is 13.8 Å². The number of rotatable bonds is 4. The molecule has 2 heterocycles. The molecule has 0 aliphatic rings. The normalized spacial score (nSPS) is 11.9. The van der Waals surface area contributed by atoms with Gasteiger partial charge in [-0.1, -0.05) is 13.8 Å². The Kier molecular flexibility index (Phi) is 3.12. The predicted octanol–water partition coefficient (Wildman–Crippen LogP) is 2.73. The van der Waals surface area contributed by atoms with E-state index in [1.165, 1.54) is 4.70 Å². The third-order valence-corrected chi connectivity index (χ3v) is 3.42. The van der Waals surface area contributed by atoms with Crippen LogP contribution in [0.5, 0.6) is 0 Å². The zero-order valence-corrected chi connectivity index (χ0v) is 10.3. The van der Waals surface area contributed by atoms with E-state index in [4.69, 9.17) is 0 Å². The van der Waals surface area contributed by atoms with Crippen molar-refractivity contribution in [3.05, 3.63) is 23.7 Å². The van der Waals surface area contributed by atoms with Gasteiger partial charge in [0.2, 0.25) is 0 Å². The van der Waals surface area contributed by atoms with Crippen LogP contribution in [0.3, 0.4) is 0 Å². The molecule has 2 rings (SSSR count). The fraction of sp³-hybridized carbons (Fsp3) is 0.417. The molecular formula is C12H16N2OS. The van der Waals surface area contributed by atoms with Gasteiger partial charge in [-0.25, -0.2) is 4.98 Å². The third kappa shape index (κ3) is 2.33. The highest BCUT2D eigenvalue weighted by atomic mass is 32.1. The Morgan fingerprint density at radius 3 is 3.00 bits per heavy atom. The topological polar surface area (TPSA) is 45.1 Å². The van der Waals surface area contributed by atoms with Gasteiger partial charge in [-0.15, -0.1) is 11.3 Å². The molecule has 0 radical (unpaired) electrons. The molecule has 0 saturated carbocycles. The lowest BCUT2D eigenvalue weighted by molar-refractivity contribution is 0.171. The zero-order chi connectivity index (χ0) is 11.6. The minimum absolute atomic E-state index is 0.125. The second-order valence-electron chi connectivity index (χ2n) is 4.67. The first-order chi connectivity index (χ1) is 7.62. The van der Waals surface area contributed by atoms with E-state index in [2.05, 4.69) is 21.7 Å². The van der Waals surface area contributed by atoms with Crippen LogP contribution in [0.15, 0.2) is 23.7 Å². The minimum atomic E-state index is -0.125. The van der Waals surface area contributed by atoms with Crippen LogP contribution in [0, 0.1) is 5.41 Å². The summed E-state index contributed by atoms with van der Waals surface area (Å²) >= 11 is 1.71. The average Bonchev–Trinajstić information content (AvgIpc) is 2.75. The number of nitrogens with one attached hydrogen (secondary N) is 1. The maximum atomic E-state index is 9.19. The van der Waals surface area contributed by atoms with Crippen molar-refractivity contribution in [1.82, 2.24) is 4.98 Å². The first-order valence-corrected chi connectivity index (χ1v) is 6.17. The molecule has 0 amide bonds. The van der Waals surface area contributed by atoms with Gasteiger partial charge >= 0.3 is 0 Å². The van der Waals surface area contributed by atoms with Crippen molar-refractivity contribution in [2.45, 2.75) is 13.8 Å². The van der Waals surface area contributed by atoms with E-state index in [0.29, 0.717) is 6.54 Å². The number of aliphatic hydroxyl groups is 1. The fourth-order valence-corrected chi connectivity index (χ4v) is 2.20. The van der Waals surface area contributed by atoms with E-state index < -0.39 is 0 Å². The van der Waals surface area contributed by atoms with Gasteiger partial charge in [0.1, 0.15) is 5.82 Å². The maximum Gasteiger partial charge on any atom is 0.134 e. The summed E-state index contributed by atoms with van der Waals surface area (Å²) in [4.78, 5) is 4.33. The molecule has 3 nitrogen and oxygen atoms in total. The number of pyridine rings is 1. The second-order valence-corrected chi connectivity index (χ2v) is 5.62. The molecule has 16 heavy (non-hydrogen) atoms. The smallest absolute Gasteiger partial charge is 0.134 e. The summed E-state index contributed by atoms with van der Waals surface area (Å²) in [5, 5.41) is 15.7. The van der Waals surface area contributed by atoms with Crippen molar-refractivity contribution in [2.24, 2.45) is 5.41 Å². The summed E-state index contributed by atoms with van der Waals surface area (Å²) in [7, 11) is 0. The van der Waals surface area contributed by atoms with Gasteiger partial charge in [-0.05, 0) is 17.5 Å². The monoisotopic (exact) mass is 236 g/mol. The van der Waals surface area contributed by atoms with Crippen LogP contribution in [0.25, 0.3) is 10.1 Å². The molecule has 0 aliphatic carbocycles. The SMILES string of the molecule is CC(C)(CO)CNc1nccc2sccc12. The average molecular weight is 236 g/mol. The molecule has 0 fully saturated rings. The van der Waals surface area contributed by atoms with Gasteiger partial charge in [-0.3, -0.25) is 0 Å². The molecule has 86 valence electrons. The minimum Gasteiger partial charge on any atom is -0.396 e. The molecule has 0 unspecified atom stereocenters. The zero-order valence-electron chi connectivity index (χ0n) is 9.53. The van der Waals surface area contributed by atoms with Crippen LogP contribution in [0.4, 0.5) is 5.82 Å². The quantitative estimate of drug-likeness (QED) is 0.858. The number of hydrogen-bond acceptors (Lipinski definition) is 4. The number of nitrogens with zero attached hydrogens (tertiary/aromatic N) is 1. The highest BCUT2D eigenvalue weighted by molar-refractivity contribution is 7.17. The summed E-state index contributed by atoms with van der Waals surface area (Å²) < 4.78 is 1.24. The van der Waals surface area contributed by atoms with E-state index in [1.807, 2.05) is 26.1 Å². The van der Waals surface area contributed by atoms with Crippen molar-refractivity contribution in [3.63, 3.8) is 0 Å². The number of fused-ring (bicyclic) bond motifs is 1. The second kappa shape index (κ2) is 4.39. The Hall–Kier alpha value is -1.13. The molecule has 0 atom stereocenters. The Bertz CT molecular complexity index is 479. The molecule has 0 bridgehead atoms. The van der Waals surface area contributed by atoms with Crippen molar-refractivity contribution >= 4 is 27.2 Å². The van der Waals surface area contributed by atoms with Gasteiger partial charge in [0.05, 0.1) is 0 Å². The van der Waals surface area contributed by atoms with Crippen molar-refractivity contribution < 1.29 is 5.11 Å². The lowest BCUT2D eigenvalue weighted by atomic mass is 9.95. The Morgan fingerprint density at radius 1 is 1.44 bits per heavy atom. The standard InChI is InChI=1S/C12H16N2OS/c1-12(2,8-15)7-14-11-9-4-6-16-10(9)3-5-13-11/h3-6,15H,7-8H2,1-2H3,(H,13,14). The highest BCUT2D eigenvalue weighted by Crippen LogP contribution is 2.26. The summed E-state index contributed by atoms with van der Waals surface area (Å²) in [6.45, 7) is 4.92. The number of hydrogen-bond donors (Lipinski definition) is 2. The Balaban J connectivity index is 2.18. The van der Waals surface area contributed by atoms with E-state index in [1.54, 1.807) is 11.3 Å². The van der Waals surface area contributed by atoms with Gasteiger partial charge in [0, 0.05) is 34.8 Å². The van der Waals surface area contributed by atoms with Crippen molar-refractivity contribution in [2.75, 3.05) is 18.5 Å². The lowest BCUT2D eigenvalue weighted by Crippen LogP contribution is -2.27. The summed E-state index contributed by atoms with van der Waals surface area (Å²) in [5.41, 5.74) is -0.125. The number of thiophene rings is 1. The van der Waals surface area contributed by atoms with Crippen molar-refractivity contribution in [3.8, 4) is 0 Å².